The van der Waals surface area contributed by atoms with E-state index in [1.165, 1.54) is 22.4 Å². The zero-order valence-corrected chi connectivity index (χ0v) is 22.5. The van der Waals surface area contributed by atoms with Crippen molar-refractivity contribution in [1.82, 2.24) is 23.7 Å². The van der Waals surface area contributed by atoms with Crippen LogP contribution in [0.4, 0.5) is 5.69 Å². The molecule has 0 spiro atoms. The van der Waals surface area contributed by atoms with Crippen molar-refractivity contribution in [3.05, 3.63) is 75.0 Å². The molecule has 0 aliphatic carbocycles. The van der Waals surface area contributed by atoms with Crippen molar-refractivity contribution in [2.24, 2.45) is 7.05 Å². The Bertz CT molecular complexity index is 1650. The first kappa shape index (κ1) is 26.0. The lowest BCUT2D eigenvalue weighted by atomic mass is 10.2. The van der Waals surface area contributed by atoms with Crippen molar-refractivity contribution in [2.45, 2.75) is 18.0 Å². The van der Waals surface area contributed by atoms with Gasteiger partial charge in [0.25, 0.3) is 11.5 Å². The minimum atomic E-state index is -0.405. The van der Waals surface area contributed by atoms with E-state index in [2.05, 4.69) is 27.1 Å². The smallest absolute Gasteiger partial charge is 0.333 e. The number of pyridine rings is 1. The predicted molar refractivity (Wildman–Crippen MR) is 146 cm³/mol. The third-order valence-electron chi connectivity index (χ3n) is 5.46. The number of aryl methyl sites for hydroxylation is 2. The molecule has 3 aromatic heterocycles. The van der Waals surface area contributed by atoms with Crippen LogP contribution in [0.3, 0.4) is 0 Å². The van der Waals surface area contributed by atoms with Crippen LogP contribution >= 0.6 is 22.6 Å². The van der Waals surface area contributed by atoms with Gasteiger partial charge >= 0.3 is 5.69 Å². The average Bonchev–Trinajstić information content (AvgIpc) is 3.23. The van der Waals surface area contributed by atoms with Gasteiger partial charge in [-0.3, -0.25) is 19.1 Å². The van der Waals surface area contributed by atoms with E-state index in [0.29, 0.717) is 46.3 Å². The highest BCUT2D eigenvalue weighted by Gasteiger charge is 2.18. The summed E-state index contributed by atoms with van der Waals surface area (Å²) in [6.45, 7) is 1.97. The first-order chi connectivity index (χ1) is 17.9. The molecule has 1 N–H and O–H groups in total. The summed E-state index contributed by atoms with van der Waals surface area (Å²) in [7, 11) is 3.18. The minimum absolute atomic E-state index is 0.218. The number of fused-ring (bicyclic) bond motifs is 1. The van der Waals surface area contributed by atoms with Crippen LogP contribution in [0.1, 0.15) is 18.3 Å². The zero-order chi connectivity index (χ0) is 26.5. The Hall–Kier alpha value is -4.12. The van der Waals surface area contributed by atoms with Crippen LogP contribution in [0.15, 0.2) is 52.3 Å². The summed E-state index contributed by atoms with van der Waals surface area (Å²) in [4.78, 5) is 46.1. The Morgan fingerprint density at radius 3 is 2.65 bits per heavy atom. The molecule has 11 nitrogen and oxygen atoms in total. The van der Waals surface area contributed by atoms with E-state index in [1.807, 2.05) is 29.5 Å². The van der Waals surface area contributed by atoms with Gasteiger partial charge < -0.3 is 19.4 Å². The van der Waals surface area contributed by atoms with E-state index >= 15 is 0 Å². The molecule has 0 aliphatic heterocycles. The van der Waals surface area contributed by atoms with E-state index in [0.717, 1.165) is 0 Å². The molecule has 0 aliphatic rings. The standard InChI is InChI=1S/C25H23IN6O5/c1-4-31-23-22(24(34)32(15-26)25(31)35)30(2)20(29-23)10-8-16-7-9-18(19(12-16)36-3)37-14-21(33)28-17-6-5-11-27-13-17/h5-7,9,11-13H,4,14-15H2,1-3H3,(H,28,33). The van der Waals surface area contributed by atoms with Gasteiger partial charge in [0.15, 0.2) is 35.1 Å². The number of hydrogen-bond donors (Lipinski definition) is 1. The Morgan fingerprint density at radius 1 is 1.16 bits per heavy atom. The molecule has 4 rings (SSSR count). The number of nitrogens with one attached hydrogen (secondary N) is 1. The summed E-state index contributed by atoms with van der Waals surface area (Å²) >= 11 is 1.98. The molecule has 4 aromatic rings. The van der Waals surface area contributed by atoms with Crippen LogP contribution in [-0.2, 0) is 22.9 Å². The molecule has 1 aromatic carbocycles. The summed E-state index contributed by atoms with van der Waals surface area (Å²) in [5.74, 6) is 6.76. The number of hydrogen-bond acceptors (Lipinski definition) is 7. The number of benzene rings is 1. The van der Waals surface area contributed by atoms with Crippen LogP contribution in [0.5, 0.6) is 11.5 Å². The molecule has 1 amide bonds. The highest BCUT2D eigenvalue weighted by Crippen LogP contribution is 2.28. The minimum Gasteiger partial charge on any atom is -0.493 e. The third-order valence-corrected chi connectivity index (χ3v) is 6.15. The first-order valence-electron chi connectivity index (χ1n) is 11.2. The number of nitrogens with zero attached hydrogens (tertiary/aromatic N) is 5. The molecular weight excluding hydrogens is 591 g/mol. The number of alkyl halides is 1. The summed E-state index contributed by atoms with van der Waals surface area (Å²) in [6, 6.07) is 8.50. The summed E-state index contributed by atoms with van der Waals surface area (Å²) in [5.41, 5.74) is 0.984. The quantitative estimate of drug-likeness (QED) is 0.192. The second kappa shape index (κ2) is 11.3. The summed E-state index contributed by atoms with van der Waals surface area (Å²) in [6.07, 6.45) is 3.15. The molecule has 37 heavy (non-hydrogen) atoms. The van der Waals surface area contributed by atoms with Gasteiger partial charge in [0, 0.05) is 25.4 Å². The van der Waals surface area contributed by atoms with Crippen molar-refractivity contribution in [1.29, 1.82) is 0 Å². The topological polar surface area (TPSA) is 122 Å². The summed E-state index contributed by atoms with van der Waals surface area (Å²) < 4.78 is 15.5. The number of halogens is 1. The number of amides is 1. The van der Waals surface area contributed by atoms with Crippen molar-refractivity contribution in [3.63, 3.8) is 0 Å². The molecule has 12 heteroatoms. The van der Waals surface area contributed by atoms with Crippen LogP contribution in [0.2, 0.25) is 0 Å². The second-order valence-electron chi connectivity index (χ2n) is 7.74. The lowest BCUT2D eigenvalue weighted by Crippen LogP contribution is -2.39. The van der Waals surface area contributed by atoms with Crippen LogP contribution < -0.4 is 26.0 Å². The fraction of sp³-hybridized carbons (Fsp3) is 0.240. The van der Waals surface area contributed by atoms with Crippen molar-refractivity contribution >= 4 is 45.3 Å². The van der Waals surface area contributed by atoms with Gasteiger partial charge in [0.1, 0.15) is 0 Å². The monoisotopic (exact) mass is 614 g/mol. The van der Waals surface area contributed by atoms with Gasteiger partial charge in [-0.05, 0) is 43.2 Å². The van der Waals surface area contributed by atoms with E-state index < -0.39 is 11.2 Å². The maximum Gasteiger partial charge on any atom is 0.333 e. The summed E-state index contributed by atoms with van der Waals surface area (Å²) in [5, 5.41) is 2.69. The SMILES string of the molecule is CCn1c(=O)n(CI)c(=O)c2c1nc(C#Cc1ccc(OCC(=O)Nc3cccnc3)c(OC)c1)n2C. The van der Waals surface area contributed by atoms with Gasteiger partial charge in [-0.2, -0.15) is 0 Å². The fourth-order valence-electron chi connectivity index (χ4n) is 3.63. The molecule has 3 heterocycles. The van der Waals surface area contributed by atoms with Crippen molar-refractivity contribution in [3.8, 4) is 23.3 Å². The number of aromatic nitrogens is 5. The van der Waals surface area contributed by atoms with Crippen molar-refractivity contribution < 1.29 is 14.3 Å². The number of carbonyl (C=O) groups is 1. The number of anilines is 1. The van der Waals surface area contributed by atoms with E-state index in [-0.39, 0.29) is 17.1 Å². The van der Waals surface area contributed by atoms with E-state index in [4.69, 9.17) is 9.47 Å². The van der Waals surface area contributed by atoms with Crippen LogP contribution in [-0.4, -0.2) is 43.3 Å². The molecule has 0 atom stereocenters. The molecule has 0 saturated heterocycles. The largest absolute Gasteiger partial charge is 0.493 e. The Balaban J connectivity index is 1.58. The third kappa shape index (κ3) is 5.36. The normalized spacial score (nSPS) is 10.6. The predicted octanol–water partition coefficient (Wildman–Crippen LogP) is 2.13. The molecule has 0 saturated carbocycles. The molecule has 0 fully saturated rings. The lowest BCUT2D eigenvalue weighted by Gasteiger charge is -2.11. The van der Waals surface area contributed by atoms with Crippen LogP contribution in [0.25, 0.3) is 11.2 Å². The van der Waals surface area contributed by atoms with Gasteiger partial charge in [-0.15, -0.1) is 0 Å². The van der Waals surface area contributed by atoms with Crippen LogP contribution in [0, 0.1) is 11.8 Å². The number of imidazole rings is 1. The van der Waals surface area contributed by atoms with Gasteiger partial charge in [0.05, 0.1) is 23.5 Å². The first-order valence-corrected chi connectivity index (χ1v) is 12.7. The fourth-order valence-corrected chi connectivity index (χ4v) is 4.24. The number of carbonyl (C=O) groups excluding carboxylic acids is 1. The highest BCUT2D eigenvalue weighted by atomic mass is 127. The highest BCUT2D eigenvalue weighted by molar-refractivity contribution is 14.1. The van der Waals surface area contributed by atoms with Crippen molar-refractivity contribution in [2.75, 3.05) is 19.0 Å². The molecule has 0 unspecified atom stereocenters. The number of rotatable bonds is 7. The van der Waals surface area contributed by atoms with E-state index in [9.17, 15) is 14.4 Å². The Labute approximate surface area is 225 Å². The zero-order valence-electron chi connectivity index (χ0n) is 20.3. The maximum atomic E-state index is 12.9. The van der Waals surface area contributed by atoms with Gasteiger partial charge in [0.2, 0.25) is 0 Å². The Morgan fingerprint density at radius 2 is 1.97 bits per heavy atom. The number of methoxy groups -OCH3 is 1. The molecule has 0 radical (unpaired) electrons. The van der Waals surface area contributed by atoms with E-state index in [1.54, 1.807) is 48.1 Å². The average molecular weight is 614 g/mol. The lowest BCUT2D eigenvalue weighted by molar-refractivity contribution is -0.118. The molecule has 0 bridgehead atoms. The van der Waals surface area contributed by atoms with Gasteiger partial charge in [-0.25, -0.2) is 14.3 Å². The molecule has 190 valence electrons. The second-order valence-corrected chi connectivity index (χ2v) is 8.42. The number of ether oxygens (including phenoxy) is 2. The Kier molecular flexibility index (Phi) is 7.92. The maximum absolute atomic E-state index is 12.9. The molecular formula is C25H23IN6O5. The van der Waals surface area contributed by atoms with Gasteiger partial charge in [-0.1, -0.05) is 28.5 Å².